The summed E-state index contributed by atoms with van der Waals surface area (Å²) in [6.07, 6.45) is 29.9. The molecule has 350 valence electrons. The molecule has 9 N–H and O–H groups in total. The van der Waals surface area contributed by atoms with Gasteiger partial charge in [0.2, 0.25) is 5.91 Å². The van der Waals surface area contributed by atoms with E-state index in [0.717, 1.165) is 44.4 Å². The van der Waals surface area contributed by atoms with E-state index in [1.165, 1.54) is 147 Å². The van der Waals surface area contributed by atoms with Crippen LogP contribution in [0, 0.1) is 5.92 Å². The number of ether oxygens (including phenoxy) is 2. The Kier molecular flexibility index (Phi) is 35.4. The maximum atomic E-state index is 13.1. The van der Waals surface area contributed by atoms with Gasteiger partial charge >= 0.3 is 0 Å². The quantitative estimate of drug-likeness (QED) is 0.0220. The van der Waals surface area contributed by atoms with E-state index in [1.807, 2.05) is 6.08 Å². The Balaban J connectivity index is 2.44. The predicted octanol–water partition coefficient (Wildman–Crippen LogP) is 8.27. The van der Waals surface area contributed by atoms with Gasteiger partial charge in [-0.1, -0.05) is 206 Å². The maximum absolute atomic E-state index is 13.1. The van der Waals surface area contributed by atoms with Crippen LogP contribution in [0.15, 0.2) is 12.2 Å². The van der Waals surface area contributed by atoms with E-state index in [2.05, 4.69) is 26.1 Å². The lowest BCUT2D eigenvalue weighted by atomic mass is 9.98. The van der Waals surface area contributed by atoms with Crippen molar-refractivity contribution < 1.29 is 44.9 Å². The first-order valence-electron chi connectivity index (χ1n) is 24.5. The fraction of sp³-hybridized carbons (Fsp3) is 0.938. The molecule has 1 heterocycles. The van der Waals surface area contributed by atoms with Crippen molar-refractivity contribution >= 4 is 5.91 Å². The van der Waals surface area contributed by atoms with Crippen molar-refractivity contribution in [1.82, 2.24) is 5.32 Å². The first-order chi connectivity index (χ1) is 28.5. The minimum Gasteiger partial charge on any atom is -0.394 e. The molecule has 0 radical (unpaired) electrons. The van der Waals surface area contributed by atoms with Crippen molar-refractivity contribution in [1.29, 1.82) is 0 Å². The highest BCUT2D eigenvalue weighted by molar-refractivity contribution is 5.80. The number of carbonyl (C=O) groups is 1. The Bertz CT molecular complexity index is 986. The fourth-order valence-corrected chi connectivity index (χ4v) is 7.97. The molecule has 0 bridgehead atoms. The van der Waals surface area contributed by atoms with Gasteiger partial charge in [-0.25, -0.2) is 0 Å². The van der Waals surface area contributed by atoms with Crippen molar-refractivity contribution in [2.24, 2.45) is 11.7 Å². The summed E-state index contributed by atoms with van der Waals surface area (Å²) in [5.74, 6) is 0.102. The van der Waals surface area contributed by atoms with Gasteiger partial charge in [0.1, 0.15) is 36.6 Å². The van der Waals surface area contributed by atoms with Gasteiger partial charge in [-0.2, -0.15) is 0 Å². The lowest BCUT2D eigenvalue weighted by Gasteiger charge is -2.41. The first kappa shape index (κ1) is 55.9. The number of aliphatic hydroxyl groups excluding tert-OH is 6. The average Bonchev–Trinajstić information content (AvgIpc) is 3.22. The molecule has 0 aromatic heterocycles. The van der Waals surface area contributed by atoms with Crippen LogP contribution in [0.3, 0.4) is 0 Å². The van der Waals surface area contributed by atoms with Gasteiger partial charge < -0.3 is 51.2 Å². The lowest BCUT2D eigenvalue weighted by Crippen LogP contribution is -2.63. The largest absolute Gasteiger partial charge is 0.394 e. The summed E-state index contributed by atoms with van der Waals surface area (Å²) in [6.45, 7) is 5.87. The summed E-state index contributed by atoms with van der Waals surface area (Å²) in [6, 6.07) is -2.33. The molecule has 11 nitrogen and oxygen atoms in total. The second-order valence-electron chi connectivity index (χ2n) is 18.1. The summed E-state index contributed by atoms with van der Waals surface area (Å²) in [5.41, 5.74) is 6.03. The Morgan fingerprint density at radius 2 is 1.12 bits per heavy atom. The van der Waals surface area contributed by atoms with Crippen molar-refractivity contribution in [3.8, 4) is 0 Å². The number of allylic oxidation sites excluding steroid dienone is 1. The van der Waals surface area contributed by atoms with Crippen LogP contribution in [0.2, 0.25) is 0 Å². The van der Waals surface area contributed by atoms with Crippen molar-refractivity contribution in [2.75, 3.05) is 13.2 Å². The summed E-state index contributed by atoms with van der Waals surface area (Å²) in [5, 5.41) is 65.5. The average molecular weight is 843 g/mol. The molecule has 4 unspecified atom stereocenters. The molecule has 1 aliphatic rings. The highest BCUT2D eigenvalue weighted by Gasteiger charge is 2.43. The molecule has 11 heteroatoms. The van der Waals surface area contributed by atoms with Crippen LogP contribution in [-0.2, 0) is 14.3 Å². The van der Waals surface area contributed by atoms with Gasteiger partial charge in [0.15, 0.2) is 6.29 Å². The van der Waals surface area contributed by atoms with Crippen molar-refractivity contribution in [3.05, 3.63) is 12.2 Å². The Labute approximate surface area is 360 Å². The lowest BCUT2D eigenvalue weighted by molar-refractivity contribution is -0.268. The number of carbonyl (C=O) groups excluding carboxylic acids is 1. The minimum atomic E-state index is -1.49. The molecular formula is C48H94N2O9. The standard InChI is InChI=1S/C48H94N2O9/c1-4-5-6-7-8-9-10-11-12-13-14-15-16-19-23-26-29-32-35-41(53)47(57)50-39(37-58-48-43(49)46(56)45(55)42(36-51)59-48)44(54)40(52)34-31-28-25-22-20-17-18-21-24-27-30-33-38(2)3/h31,34,38-46,48,51-56H,4-30,32-33,35-37,49H2,1-3H3,(H,50,57)/b34-31+/t39?,40?,41?,42-,43-,44?,45-,46-,48-/m1/s1. The summed E-state index contributed by atoms with van der Waals surface area (Å²) in [4.78, 5) is 13.1. The predicted molar refractivity (Wildman–Crippen MR) is 240 cm³/mol. The van der Waals surface area contributed by atoms with Crippen LogP contribution < -0.4 is 11.1 Å². The number of hydrogen-bond donors (Lipinski definition) is 8. The second-order valence-corrected chi connectivity index (χ2v) is 18.1. The minimum absolute atomic E-state index is 0.272. The number of hydrogen-bond acceptors (Lipinski definition) is 10. The topological polar surface area (TPSA) is 195 Å². The maximum Gasteiger partial charge on any atom is 0.249 e. The molecule has 1 saturated heterocycles. The summed E-state index contributed by atoms with van der Waals surface area (Å²) < 4.78 is 11.3. The Hall–Kier alpha value is -1.15. The summed E-state index contributed by atoms with van der Waals surface area (Å²) in [7, 11) is 0. The van der Waals surface area contributed by atoms with Gasteiger partial charge in [0.05, 0.1) is 25.3 Å². The van der Waals surface area contributed by atoms with Gasteiger partial charge in [0, 0.05) is 0 Å². The van der Waals surface area contributed by atoms with E-state index in [9.17, 15) is 35.4 Å². The normalized spacial score (nSPS) is 21.9. The monoisotopic (exact) mass is 843 g/mol. The zero-order chi connectivity index (χ0) is 43.5. The highest BCUT2D eigenvalue weighted by atomic mass is 16.7. The third kappa shape index (κ3) is 28.2. The number of rotatable bonds is 40. The molecule has 0 aliphatic carbocycles. The van der Waals surface area contributed by atoms with Crippen LogP contribution in [0.5, 0.6) is 0 Å². The van der Waals surface area contributed by atoms with Crippen molar-refractivity contribution in [3.63, 3.8) is 0 Å². The van der Waals surface area contributed by atoms with Crippen LogP contribution in [-0.4, -0.2) is 105 Å². The van der Waals surface area contributed by atoms with Crippen LogP contribution in [0.1, 0.15) is 213 Å². The van der Waals surface area contributed by atoms with E-state index in [-0.39, 0.29) is 13.0 Å². The van der Waals surface area contributed by atoms with Gasteiger partial charge in [-0.15, -0.1) is 0 Å². The highest BCUT2D eigenvalue weighted by Crippen LogP contribution is 2.22. The molecule has 9 atom stereocenters. The van der Waals surface area contributed by atoms with Gasteiger partial charge in [-0.3, -0.25) is 4.79 Å². The molecule has 0 aromatic rings. The molecule has 1 rings (SSSR count). The van der Waals surface area contributed by atoms with E-state index in [4.69, 9.17) is 15.2 Å². The molecule has 0 spiro atoms. The zero-order valence-electron chi connectivity index (χ0n) is 38.0. The number of unbranched alkanes of at least 4 members (excludes halogenated alkanes) is 26. The van der Waals surface area contributed by atoms with E-state index in [1.54, 1.807) is 0 Å². The smallest absolute Gasteiger partial charge is 0.249 e. The number of nitrogens with two attached hydrogens (primary N) is 1. The molecule has 59 heavy (non-hydrogen) atoms. The van der Waals surface area contributed by atoms with Gasteiger partial charge in [-0.05, 0) is 25.2 Å². The Morgan fingerprint density at radius 3 is 1.58 bits per heavy atom. The van der Waals surface area contributed by atoms with Crippen LogP contribution in [0.25, 0.3) is 0 Å². The fourth-order valence-electron chi connectivity index (χ4n) is 7.97. The third-order valence-corrected chi connectivity index (χ3v) is 12.1. The second kappa shape index (κ2) is 37.4. The Morgan fingerprint density at radius 1 is 0.678 bits per heavy atom. The summed E-state index contributed by atoms with van der Waals surface area (Å²) >= 11 is 0. The van der Waals surface area contributed by atoms with E-state index >= 15 is 0 Å². The number of amides is 1. The molecule has 0 aromatic carbocycles. The van der Waals surface area contributed by atoms with Crippen LogP contribution in [0.4, 0.5) is 0 Å². The zero-order valence-corrected chi connectivity index (χ0v) is 38.0. The third-order valence-electron chi connectivity index (χ3n) is 12.1. The molecular weight excluding hydrogens is 749 g/mol. The number of nitrogens with one attached hydrogen (secondary N) is 1. The van der Waals surface area contributed by atoms with Gasteiger partial charge in [0.25, 0.3) is 0 Å². The first-order valence-corrected chi connectivity index (χ1v) is 24.5. The molecule has 1 aliphatic heterocycles. The van der Waals surface area contributed by atoms with E-state index in [0.29, 0.717) is 6.42 Å². The molecule has 1 amide bonds. The van der Waals surface area contributed by atoms with Crippen LogP contribution >= 0.6 is 0 Å². The molecule has 0 saturated carbocycles. The van der Waals surface area contributed by atoms with Crippen molar-refractivity contribution in [2.45, 2.75) is 268 Å². The van der Waals surface area contributed by atoms with E-state index < -0.39 is 67.5 Å². The number of aliphatic hydroxyl groups is 6. The molecule has 1 fully saturated rings. The SMILES string of the molecule is CCCCCCCCCCCCCCCCCCCCC(O)C(=O)NC(CO[C@@H]1O[C@H](CO)[C@@H](O)[C@H](O)[C@H]1N)C(O)C(O)/C=C/CCCCCCCCCCCC(C)C.